The monoisotopic (exact) mass is 373 g/mol. The Bertz CT molecular complexity index is 941. The normalized spacial score (nSPS) is 25.5. The van der Waals surface area contributed by atoms with Gasteiger partial charge in [0.25, 0.3) is 0 Å². The minimum atomic E-state index is -1.37. The molecule has 0 amide bonds. The van der Waals surface area contributed by atoms with Crippen molar-refractivity contribution in [3.05, 3.63) is 42.5 Å². The van der Waals surface area contributed by atoms with Crippen LogP contribution in [-0.4, -0.2) is 58.6 Å². The van der Waals surface area contributed by atoms with E-state index in [0.717, 1.165) is 0 Å². The van der Waals surface area contributed by atoms with E-state index in [1.54, 1.807) is 43.5 Å². The zero-order valence-corrected chi connectivity index (χ0v) is 14.5. The van der Waals surface area contributed by atoms with Crippen LogP contribution in [0.5, 0.6) is 11.5 Å². The lowest BCUT2D eigenvalue weighted by Gasteiger charge is -2.34. The maximum atomic E-state index is 10.00. The van der Waals surface area contributed by atoms with Gasteiger partial charge in [0, 0.05) is 11.6 Å². The minimum Gasteiger partial charge on any atom is -0.497 e. The fraction of sp³-hybridized carbons (Fsp3) is 0.316. The van der Waals surface area contributed by atoms with E-state index in [9.17, 15) is 15.3 Å². The van der Waals surface area contributed by atoms with Crippen LogP contribution in [0.1, 0.15) is 0 Å². The van der Waals surface area contributed by atoms with Crippen molar-refractivity contribution in [2.45, 2.75) is 24.6 Å². The summed E-state index contributed by atoms with van der Waals surface area (Å²) in [5, 5.41) is 29.3. The number of aliphatic hydroxyl groups excluding tert-OH is 3. The third-order valence-electron chi connectivity index (χ3n) is 4.38. The Morgan fingerprint density at radius 3 is 2.70 bits per heavy atom. The summed E-state index contributed by atoms with van der Waals surface area (Å²) in [6.07, 6.45) is -4.94. The number of methoxy groups -OCH3 is 1. The van der Waals surface area contributed by atoms with Gasteiger partial charge in [-0.2, -0.15) is 0 Å². The third-order valence-corrected chi connectivity index (χ3v) is 4.38. The van der Waals surface area contributed by atoms with E-state index >= 15 is 0 Å². The Labute approximate surface area is 154 Å². The van der Waals surface area contributed by atoms with E-state index in [1.807, 2.05) is 6.07 Å². The first-order valence-corrected chi connectivity index (χ1v) is 8.42. The molecule has 0 aliphatic carbocycles. The molecule has 1 fully saturated rings. The third kappa shape index (κ3) is 3.47. The second-order valence-corrected chi connectivity index (χ2v) is 6.25. The number of ether oxygens (including phenoxy) is 3. The molecule has 2 aromatic carbocycles. The number of fused-ring (bicyclic) bond motifs is 1. The van der Waals surface area contributed by atoms with Crippen LogP contribution in [0.4, 0.5) is 0 Å². The Balaban J connectivity index is 1.57. The van der Waals surface area contributed by atoms with E-state index < -0.39 is 24.6 Å². The van der Waals surface area contributed by atoms with Crippen LogP contribution in [0.15, 0.2) is 46.9 Å². The Morgan fingerprint density at radius 1 is 1.04 bits per heavy atom. The van der Waals surface area contributed by atoms with Gasteiger partial charge in [0.2, 0.25) is 12.2 Å². The van der Waals surface area contributed by atoms with Gasteiger partial charge in [-0.3, -0.25) is 0 Å². The van der Waals surface area contributed by atoms with Gasteiger partial charge in [-0.15, -0.1) is 0 Å². The fourth-order valence-corrected chi connectivity index (χ4v) is 2.88. The molecule has 3 aromatic rings. The second-order valence-electron chi connectivity index (χ2n) is 6.25. The number of nitrogens with zero attached hydrogens (tertiary/aromatic N) is 1. The Kier molecular flexibility index (Phi) is 4.71. The smallest absolute Gasteiger partial charge is 0.228 e. The van der Waals surface area contributed by atoms with Crippen molar-refractivity contribution in [2.24, 2.45) is 0 Å². The highest BCUT2D eigenvalue weighted by Crippen LogP contribution is 2.29. The highest BCUT2D eigenvalue weighted by Gasteiger charge is 2.39. The molecule has 1 aromatic heterocycles. The van der Waals surface area contributed by atoms with Crippen molar-refractivity contribution in [2.75, 3.05) is 13.7 Å². The standard InChI is InChI=1S/C19H19NO7/c1-24-11-5-6-15-13(8-11)20-18(27-15)10-3-2-4-12(7-10)26-19-17(23)16(22)14(21)9-25-19/h2-8,14,16-17,19,21-23H,9H2,1H3/t14-,16-,17+,19+/m0/s1. The van der Waals surface area contributed by atoms with Gasteiger partial charge in [0.05, 0.1) is 13.7 Å². The number of rotatable bonds is 4. The fourth-order valence-electron chi connectivity index (χ4n) is 2.88. The average Bonchev–Trinajstić information content (AvgIpc) is 3.12. The van der Waals surface area contributed by atoms with Crippen LogP contribution in [0.25, 0.3) is 22.6 Å². The van der Waals surface area contributed by atoms with E-state index in [4.69, 9.17) is 18.6 Å². The molecule has 3 N–H and O–H groups in total. The summed E-state index contributed by atoms with van der Waals surface area (Å²) in [4.78, 5) is 4.46. The van der Waals surface area contributed by atoms with Crippen molar-refractivity contribution >= 4 is 11.1 Å². The van der Waals surface area contributed by atoms with Crippen molar-refractivity contribution in [3.8, 4) is 23.0 Å². The largest absolute Gasteiger partial charge is 0.497 e. The van der Waals surface area contributed by atoms with Crippen LogP contribution < -0.4 is 9.47 Å². The molecule has 1 aliphatic heterocycles. The summed E-state index contributed by atoms with van der Waals surface area (Å²) in [6.45, 7) is -0.129. The summed E-state index contributed by atoms with van der Waals surface area (Å²) >= 11 is 0. The number of aromatic nitrogens is 1. The van der Waals surface area contributed by atoms with Crippen LogP contribution in [0.2, 0.25) is 0 Å². The average molecular weight is 373 g/mol. The van der Waals surface area contributed by atoms with Crippen molar-refractivity contribution < 1.29 is 33.9 Å². The van der Waals surface area contributed by atoms with E-state index in [1.165, 1.54) is 0 Å². The lowest BCUT2D eigenvalue weighted by molar-refractivity contribution is -0.242. The first kappa shape index (κ1) is 17.7. The first-order chi connectivity index (χ1) is 13.0. The maximum Gasteiger partial charge on any atom is 0.228 e. The van der Waals surface area contributed by atoms with Gasteiger partial charge in [-0.05, 0) is 30.3 Å². The predicted octanol–water partition coefficient (Wildman–Crippen LogP) is 1.32. The van der Waals surface area contributed by atoms with Crippen molar-refractivity contribution in [3.63, 3.8) is 0 Å². The number of aliphatic hydroxyl groups is 3. The van der Waals surface area contributed by atoms with Gasteiger partial charge in [-0.1, -0.05) is 6.07 Å². The quantitative estimate of drug-likeness (QED) is 0.627. The lowest BCUT2D eigenvalue weighted by atomic mass is 10.1. The number of oxazole rings is 1. The summed E-state index contributed by atoms with van der Waals surface area (Å²) in [7, 11) is 1.58. The molecule has 0 bridgehead atoms. The molecule has 27 heavy (non-hydrogen) atoms. The molecule has 0 unspecified atom stereocenters. The molecule has 8 nitrogen and oxygen atoms in total. The Morgan fingerprint density at radius 2 is 1.89 bits per heavy atom. The summed E-state index contributed by atoms with van der Waals surface area (Å²) < 4.78 is 21.9. The molecular weight excluding hydrogens is 354 g/mol. The molecule has 0 spiro atoms. The first-order valence-electron chi connectivity index (χ1n) is 8.42. The second kappa shape index (κ2) is 7.16. The molecule has 0 saturated carbocycles. The van der Waals surface area contributed by atoms with Gasteiger partial charge in [-0.25, -0.2) is 4.98 Å². The van der Waals surface area contributed by atoms with Gasteiger partial charge in [0.1, 0.15) is 35.3 Å². The van der Waals surface area contributed by atoms with E-state index in [-0.39, 0.29) is 6.61 Å². The summed E-state index contributed by atoms with van der Waals surface area (Å²) in [5.41, 5.74) is 1.97. The van der Waals surface area contributed by atoms with Crippen LogP contribution >= 0.6 is 0 Å². The molecule has 142 valence electrons. The molecule has 8 heteroatoms. The SMILES string of the molecule is COc1ccc2oc(-c3cccc(O[C@H]4OC[C@H](O)[C@H](O)[C@H]4O)c3)nc2c1. The molecule has 2 heterocycles. The van der Waals surface area contributed by atoms with E-state index in [0.29, 0.717) is 34.1 Å². The van der Waals surface area contributed by atoms with E-state index in [2.05, 4.69) is 4.98 Å². The highest BCUT2D eigenvalue weighted by atomic mass is 16.7. The predicted molar refractivity (Wildman–Crippen MR) is 94.4 cm³/mol. The van der Waals surface area contributed by atoms with Crippen molar-refractivity contribution in [1.29, 1.82) is 0 Å². The van der Waals surface area contributed by atoms with Gasteiger partial charge in [0.15, 0.2) is 5.58 Å². The zero-order valence-electron chi connectivity index (χ0n) is 14.5. The molecule has 4 atom stereocenters. The molecule has 4 rings (SSSR count). The van der Waals surface area contributed by atoms with Crippen molar-refractivity contribution in [1.82, 2.24) is 4.98 Å². The molecule has 1 aliphatic rings. The lowest BCUT2D eigenvalue weighted by Crippen LogP contribution is -2.54. The summed E-state index contributed by atoms with van der Waals surface area (Å²) in [6, 6.07) is 12.3. The molecular formula is C19H19NO7. The van der Waals surface area contributed by atoms with Gasteiger partial charge < -0.3 is 33.9 Å². The van der Waals surface area contributed by atoms with Crippen LogP contribution in [0, 0.1) is 0 Å². The number of hydrogen-bond acceptors (Lipinski definition) is 8. The number of benzene rings is 2. The van der Waals surface area contributed by atoms with Gasteiger partial charge >= 0.3 is 0 Å². The maximum absolute atomic E-state index is 10.00. The van der Waals surface area contributed by atoms with Crippen LogP contribution in [-0.2, 0) is 4.74 Å². The number of hydrogen-bond donors (Lipinski definition) is 3. The van der Waals surface area contributed by atoms with Crippen LogP contribution in [0.3, 0.4) is 0 Å². The molecule has 0 radical (unpaired) electrons. The summed E-state index contributed by atoms with van der Waals surface area (Å²) in [5.74, 6) is 1.49. The topological polar surface area (TPSA) is 114 Å². The molecule has 1 saturated heterocycles. The zero-order chi connectivity index (χ0) is 19.0. The minimum absolute atomic E-state index is 0.129. The highest BCUT2D eigenvalue weighted by molar-refractivity contribution is 5.77. The Hall–Kier alpha value is -2.65.